The molecule has 2 amide bonds. The van der Waals surface area contributed by atoms with Crippen molar-refractivity contribution in [2.24, 2.45) is 0 Å². The van der Waals surface area contributed by atoms with E-state index in [9.17, 15) is 14.4 Å². The van der Waals surface area contributed by atoms with Gasteiger partial charge in [0.05, 0.1) is 6.54 Å². The number of anilines is 1. The van der Waals surface area contributed by atoms with Crippen LogP contribution in [0.3, 0.4) is 0 Å². The average molecular weight is 304 g/mol. The Balaban J connectivity index is 1.89. The number of amides is 2. The van der Waals surface area contributed by atoms with Gasteiger partial charge in [-0.05, 0) is 52.0 Å². The first kappa shape index (κ1) is 16.0. The number of benzene rings is 1. The van der Waals surface area contributed by atoms with Crippen LogP contribution < -0.4 is 5.32 Å². The molecule has 1 aromatic carbocycles. The van der Waals surface area contributed by atoms with E-state index >= 15 is 0 Å². The quantitative estimate of drug-likeness (QED) is 0.687. The summed E-state index contributed by atoms with van der Waals surface area (Å²) >= 11 is 0. The second kappa shape index (κ2) is 5.79. The molecule has 1 fully saturated rings. The van der Waals surface area contributed by atoms with Crippen molar-refractivity contribution in [2.45, 2.75) is 39.3 Å². The van der Waals surface area contributed by atoms with Crippen LogP contribution in [-0.2, 0) is 9.53 Å². The molecule has 1 aliphatic rings. The number of carbonyl (C=O) groups is 3. The highest BCUT2D eigenvalue weighted by Gasteiger charge is 2.46. The van der Waals surface area contributed by atoms with Gasteiger partial charge in [-0.3, -0.25) is 14.5 Å². The van der Waals surface area contributed by atoms with Crippen LogP contribution in [-0.4, -0.2) is 40.9 Å². The Bertz CT molecular complexity index is 602. The molecule has 22 heavy (non-hydrogen) atoms. The molecular weight excluding hydrogens is 284 g/mol. The molecule has 0 bridgehead atoms. The number of nitrogens with zero attached hydrogens (tertiary/aromatic N) is 1. The van der Waals surface area contributed by atoms with E-state index in [-0.39, 0.29) is 11.7 Å². The Labute approximate surface area is 129 Å². The van der Waals surface area contributed by atoms with Gasteiger partial charge in [-0.1, -0.05) is 0 Å². The molecule has 6 heteroatoms. The van der Waals surface area contributed by atoms with E-state index in [4.69, 9.17) is 4.74 Å². The topological polar surface area (TPSA) is 75.5 Å². The monoisotopic (exact) mass is 304 g/mol. The zero-order valence-electron chi connectivity index (χ0n) is 13.2. The molecule has 1 heterocycles. The summed E-state index contributed by atoms with van der Waals surface area (Å²) in [6.45, 7) is 7.17. The average Bonchev–Trinajstić information content (AvgIpc) is 3.17. The van der Waals surface area contributed by atoms with E-state index in [1.807, 2.05) is 0 Å². The van der Waals surface area contributed by atoms with Gasteiger partial charge < -0.3 is 10.1 Å². The zero-order valence-corrected chi connectivity index (χ0v) is 13.2. The van der Waals surface area contributed by atoms with E-state index in [0.29, 0.717) is 17.8 Å². The predicted molar refractivity (Wildman–Crippen MR) is 81.8 cm³/mol. The van der Waals surface area contributed by atoms with Crippen LogP contribution in [0.25, 0.3) is 0 Å². The number of nitrogens with one attached hydrogen (secondary N) is 1. The molecule has 0 saturated carbocycles. The Morgan fingerprint density at radius 3 is 2.27 bits per heavy atom. The van der Waals surface area contributed by atoms with E-state index in [1.54, 1.807) is 45.0 Å². The predicted octanol–water partition coefficient (Wildman–Crippen LogP) is 2.45. The third kappa shape index (κ3) is 4.07. The van der Waals surface area contributed by atoms with Crippen molar-refractivity contribution in [2.75, 3.05) is 11.9 Å². The maximum absolute atomic E-state index is 12.0. The van der Waals surface area contributed by atoms with E-state index < -0.39 is 17.7 Å². The van der Waals surface area contributed by atoms with Gasteiger partial charge in [-0.2, -0.15) is 0 Å². The molecule has 0 radical (unpaired) electrons. The number of carbonyl (C=O) groups excluding carboxylic acids is 3. The molecule has 1 atom stereocenters. The van der Waals surface area contributed by atoms with Crippen molar-refractivity contribution in [1.29, 1.82) is 0 Å². The number of ketones is 1. The molecule has 1 aliphatic heterocycles. The molecule has 0 aliphatic carbocycles. The van der Waals surface area contributed by atoms with Gasteiger partial charge in [0.1, 0.15) is 11.6 Å². The summed E-state index contributed by atoms with van der Waals surface area (Å²) in [5.41, 5.74) is 0.592. The summed E-state index contributed by atoms with van der Waals surface area (Å²) in [6, 6.07) is 6.12. The molecular formula is C16H20N2O4. The molecule has 118 valence electrons. The van der Waals surface area contributed by atoms with Gasteiger partial charge in [-0.25, -0.2) is 4.79 Å². The molecule has 2 rings (SSSR count). The van der Waals surface area contributed by atoms with Crippen molar-refractivity contribution in [1.82, 2.24) is 4.90 Å². The van der Waals surface area contributed by atoms with Gasteiger partial charge in [0.15, 0.2) is 5.78 Å². The minimum Gasteiger partial charge on any atom is -0.444 e. The maximum atomic E-state index is 12.0. The van der Waals surface area contributed by atoms with Crippen LogP contribution in [0.1, 0.15) is 38.1 Å². The smallest absolute Gasteiger partial charge is 0.411 e. The van der Waals surface area contributed by atoms with Gasteiger partial charge in [0.2, 0.25) is 5.91 Å². The van der Waals surface area contributed by atoms with Crippen LogP contribution in [0.15, 0.2) is 24.3 Å². The standard InChI is InChI=1S/C16H20N2O4/c1-10(19)11-5-7-12(8-6-11)17-14(20)13-9-18(13)15(21)22-16(2,3)4/h5-8,13H,9H2,1-4H3,(H,17,20). The Morgan fingerprint density at radius 2 is 1.77 bits per heavy atom. The lowest BCUT2D eigenvalue weighted by atomic mass is 10.1. The molecule has 6 nitrogen and oxygen atoms in total. The van der Waals surface area contributed by atoms with Gasteiger partial charge in [0, 0.05) is 11.3 Å². The SMILES string of the molecule is CC(=O)c1ccc(NC(=O)C2CN2C(=O)OC(C)(C)C)cc1. The van der Waals surface area contributed by atoms with Crippen molar-refractivity contribution in [3.8, 4) is 0 Å². The lowest BCUT2D eigenvalue weighted by Crippen LogP contribution is -2.30. The second-order valence-corrected chi connectivity index (χ2v) is 6.27. The van der Waals surface area contributed by atoms with Crippen LogP contribution in [0.5, 0.6) is 0 Å². The molecule has 1 N–H and O–H groups in total. The summed E-state index contributed by atoms with van der Waals surface area (Å²) in [7, 11) is 0. The fraction of sp³-hybridized carbons (Fsp3) is 0.438. The van der Waals surface area contributed by atoms with Gasteiger partial charge in [0.25, 0.3) is 0 Å². The molecule has 1 aromatic rings. The van der Waals surface area contributed by atoms with Crippen LogP contribution in [0, 0.1) is 0 Å². The molecule has 0 aromatic heterocycles. The summed E-state index contributed by atoms with van der Waals surface area (Å²) in [6.07, 6.45) is -0.487. The first-order valence-corrected chi connectivity index (χ1v) is 7.09. The van der Waals surface area contributed by atoms with Crippen LogP contribution >= 0.6 is 0 Å². The van der Waals surface area contributed by atoms with Crippen molar-refractivity contribution in [3.05, 3.63) is 29.8 Å². The van der Waals surface area contributed by atoms with Crippen molar-refractivity contribution in [3.63, 3.8) is 0 Å². The largest absolute Gasteiger partial charge is 0.444 e. The Kier molecular flexibility index (Phi) is 4.21. The third-order valence-electron chi connectivity index (χ3n) is 3.10. The first-order chi connectivity index (χ1) is 10.2. The number of hydrogen-bond acceptors (Lipinski definition) is 4. The number of Topliss-reactive ketones (excluding diaryl/α,β-unsaturated/α-hetero) is 1. The molecule has 0 spiro atoms. The highest BCUT2D eigenvalue weighted by Crippen LogP contribution is 2.23. The highest BCUT2D eigenvalue weighted by molar-refractivity contribution is 6.00. The van der Waals surface area contributed by atoms with E-state index in [1.165, 1.54) is 11.8 Å². The summed E-state index contributed by atoms with van der Waals surface area (Å²) in [5, 5.41) is 2.72. The third-order valence-corrected chi connectivity index (χ3v) is 3.10. The summed E-state index contributed by atoms with van der Waals surface area (Å²) in [5.74, 6) is -0.294. The fourth-order valence-corrected chi connectivity index (χ4v) is 1.90. The van der Waals surface area contributed by atoms with E-state index in [2.05, 4.69) is 5.32 Å². The molecule has 1 saturated heterocycles. The second-order valence-electron chi connectivity index (χ2n) is 6.27. The van der Waals surface area contributed by atoms with E-state index in [0.717, 1.165) is 0 Å². The minimum atomic E-state index is -0.580. The number of hydrogen-bond donors (Lipinski definition) is 1. The number of rotatable bonds is 3. The van der Waals surface area contributed by atoms with Crippen LogP contribution in [0.2, 0.25) is 0 Å². The summed E-state index contributed by atoms with van der Waals surface area (Å²) in [4.78, 5) is 36.4. The lowest BCUT2D eigenvalue weighted by Gasteiger charge is -2.19. The maximum Gasteiger partial charge on any atom is 0.411 e. The van der Waals surface area contributed by atoms with Crippen molar-refractivity contribution < 1.29 is 19.1 Å². The van der Waals surface area contributed by atoms with Gasteiger partial charge >= 0.3 is 6.09 Å². The minimum absolute atomic E-state index is 0.0313. The summed E-state index contributed by atoms with van der Waals surface area (Å²) < 4.78 is 5.20. The van der Waals surface area contributed by atoms with Crippen molar-refractivity contribution >= 4 is 23.5 Å². The first-order valence-electron chi connectivity index (χ1n) is 7.09. The van der Waals surface area contributed by atoms with Gasteiger partial charge in [-0.15, -0.1) is 0 Å². The highest BCUT2D eigenvalue weighted by atomic mass is 16.6. The zero-order chi connectivity index (χ0) is 16.5. The number of ether oxygens (including phenoxy) is 1. The lowest BCUT2D eigenvalue weighted by molar-refractivity contribution is -0.116. The fourth-order valence-electron chi connectivity index (χ4n) is 1.90. The van der Waals surface area contributed by atoms with Crippen LogP contribution in [0.4, 0.5) is 10.5 Å². The Morgan fingerprint density at radius 1 is 1.18 bits per heavy atom. The molecule has 1 unspecified atom stereocenters. The normalized spacial score (nSPS) is 16.9. The Hall–Kier alpha value is -2.37.